The second-order valence-electron chi connectivity index (χ2n) is 4.33. The Morgan fingerprint density at radius 3 is 3.00 bits per heavy atom. The van der Waals surface area contributed by atoms with Crippen LogP contribution >= 0.6 is 0 Å². The second kappa shape index (κ2) is 3.90. The molecule has 0 saturated carbocycles. The Kier molecular flexibility index (Phi) is 2.42. The summed E-state index contributed by atoms with van der Waals surface area (Å²) < 4.78 is 5.34. The molecule has 15 heavy (non-hydrogen) atoms. The van der Waals surface area contributed by atoms with Crippen LogP contribution in [0.25, 0.3) is 0 Å². The SMILES string of the molecule is C1CC(c2nc(C3CCOC3)n[nH]2)CN1. The van der Waals surface area contributed by atoms with Crippen molar-refractivity contribution in [1.82, 2.24) is 20.5 Å². The fourth-order valence-corrected chi connectivity index (χ4v) is 2.28. The highest BCUT2D eigenvalue weighted by Gasteiger charge is 2.25. The van der Waals surface area contributed by atoms with Gasteiger partial charge in [-0.3, -0.25) is 5.10 Å². The third-order valence-electron chi connectivity index (χ3n) is 3.26. The van der Waals surface area contributed by atoms with Gasteiger partial charge in [-0.15, -0.1) is 0 Å². The van der Waals surface area contributed by atoms with E-state index in [4.69, 9.17) is 4.74 Å². The summed E-state index contributed by atoms with van der Waals surface area (Å²) in [6.07, 6.45) is 2.22. The molecule has 0 amide bonds. The molecule has 2 N–H and O–H groups in total. The van der Waals surface area contributed by atoms with Crippen LogP contribution in [0.1, 0.15) is 36.3 Å². The van der Waals surface area contributed by atoms with E-state index >= 15 is 0 Å². The van der Waals surface area contributed by atoms with Crippen LogP contribution in [0.5, 0.6) is 0 Å². The summed E-state index contributed by atoms with van der Waals surface area (Å²) in [4.78, 5) is 4.59. The molecule has 2 atom stereocenters. The highest BCUT2D eigenvalue weighted by molar-refractivity contribution is 5.05. The molecule has 0 aromatic carbocycles. The zero-order chi connectivity index (χ0) is 10.1. The van der Waals surface area contributed by atoms with E-state index in [0.29, 0.717) is 11.8 Å². The van der Waals surface area contributed by atoms with Gasteiger partial charge in [0.25, 0.3) is 0 Å². The summed E-state index contributed by atoms with van der Waals surface area (Å²) in [6.45, 7) is 3.74. The molecule has 2 saturated heterocycles. The van der Waals surface area contributed by atoms with E-state index in [2.05, 4.69) is 20.5 Å². The molecule has 1 aromatic rings. The van der Waals surface area contributed by atoms with Gasteiger partial charge in [0.1, 0.15) is 5.82 Å². The molecular weight excluding hydrogens is 192 g/mol. The molecule has 3 rings (SSSR count). The van der Waals surface area contributed by atoms with E-state index < -0.39 is 0 Å². The molecule has 2 unspecified atom stereocenters. The van der Waals surface area contributed by atoms with Crippen molar-refractivity contribution in [2.75, 3.05) is 26.3 Å². The number of hydrogen-bond acceptors (Lipinski definition) is 4. The van der Waals surface area contributed by atoms with Gasteiger partial charge in [0.15, 0.2) is 5.82 Å². The van der Waals surface area contributed by atoms with E-state index in [-0.39, 0.29) is 0 Å². The molecule has 2 aliphatic heterocycles. The summed E-state index contributed by atoms with van der Waals surface area (Å²) >= 11 is 0. The molecule has 0 radical (unpaired) electrons. The predicted molar refractivity (Wildman–Crippen MR) is 54.8 cm³/mol. The Morgan fingerprint density at radius 2 is 2.27 bits per heavy atom. The molecule has 1 aromatic heterocycles. The molecule has 2 aliphatic rings. The number of aromatic nitrogens is 3. The smallest absolute Gasteiger partial charge is 0.156 e. The normalized spacial score (nSPS) is 31.2. The Balaban J connectivity index is 1.74. The number of H-pyrrole nitrogens is 1. The fourth-order valence-electron chi connectivity index (χ4n) is 2.28. The maximum Gasteiger partial charge on any atom is 0.156 e. The number of hydrogen-bond donors (Lipinski definition) is 2. The van der Waals surface area contributed by atoms with Gasteiger partial charge in [-0.25, -0.2) is 4.98 Å². The Bertz CT molecular complexity index is 295. The van der Waals surface area contributed by atoms with Crippen molar-refractivity contribution in [1.29, 1.82) is 0 Å². The van der Waals surface area contributed by atoms with E-state index in [9.17, 15) is 0 Å². The minimum atomic E-state index is 0.407. The van der Waals surface area contributed by atoms with Crippen LogP contribution in [0.4, 0.5) is 0 Å². The summed E-state index contributed by atoms with van der Waals surface area (Å²) in [6, 6.07) is 0. The molecule has 5 nitrogen and oxygen atoms in total. The second-order valence-corrected chi connectivity index (χ2v) is 4.33. The van der Waals surface area contributed by atoms with Crippen LogP contribution in [-0.2, 0) is 4.74 Å². The van der Waals surface area contributed by atoms with Crippen molar-refractivity contribution in [3.8, 4) is 0 Å². The molecular formula is C10H16N4O. The van der Waals surface area contributed by atoms with Gasteiger partial charge in [0.05, 0.1) is 6.61 Å². The number of ether oxygens (including phenoxy) is 1. The third kappa shape index (κ3) is 1.77. The highest BCUT2D eigenvalue weighted by Crippen LogP contribution is 2.24. The lowest BCUT2D eigenvalue weighted by Gasteiger charge is -2.02. The molecule has 0 bridgehead atoms. The third-order valence-corrected chi connectivity index (χ3v) is 3.26. The van der Waals surface area contributed by atoms with E-state index in [1.165, 1.54) is 0 Å². The van der Waals surface area contributed by atoms with Gasteiger partial charge in [-0.1, -0.05) is 0 Å². The maximum atomic E-state index is 5.34. The van der Waals surface area contributed by atoms with Crippen molar-refractivity contribution in [2.45, 2.75) is 24.7 Å². The predicted octanol–water partition coefficient (Wildman–Crippen LogP) is 0.385. The van der Waals surface area contributed by atoms with Gasteiger partial charge in [0, 0.05) is 25.0 Å². The van der Waals surface area contributed by atoms with E-state index in [0.717, 1.165) is 50.8 Å². The lowest BCUT2D eigenvalue weighted by Crippen LogP contribution is -2.09. The van der Waals surface area contributed by atoms with Crippen molar-refractivity contribution >= 4 is 0 Å². The average molecular weight is 208 g/mol. The molecule has 82 valence electrons. The standard InChI is InChI=1S/C10H16N4O/c1-3-11-5-7(1)9-12-10(14-13-9)8-2-4-15-6-8/h7-8,11H,1-6H2,(H,12,13,14). The van der Waals surface area contributed by atoms with Crippen molar-refractivity contribution in [3.63, 3.8) is 0 Å². The van der Waals surface area contributed by atoms with Crippen LogP contribution < -0.4 is 5.32 Å². The minimum absolute atomic E-state index is 0.407. The first-order chi connectivity index (χ1) is 7.43. The molecule has 0 spiro atoms. The Hall–Kier alpha value is -0.940. The van der Waals surface area contributed by atoms with Gasteiger partial charge < -0.3 is 10.1 Å². The summed E-state index contributed by atoms with van der Waals surface area (Å²) in [5, 5.41) is 10.7. The first kappa shape index (κ1) is 9.30. The zero-order valence-corrected chi connectivity index (χ0v) is 8.70. The first-order valence-electron chi connectivity index (χ1n) is 5.64. The fraction of sp³-hybridized carbons (Fsp3) is 0.800. The Morgan fingerprint density at radius 1 is 1.27 bits per heavy atom. The highest BCUT2D eigenvalue weighted by atomic mass is 16.5. The zero-order valence-electron chi connectivity index (χ0n) is 8.70. The number of rotatable bonds is 2. The average Bonchev–Trinajstić information content (AvgIpc) is 3.02. The number of aromatic amines is 1. The lowest BCUT2D eigenvalue weighted by atomic mass is 10.1. The van der Waals surface area contributed by atoms with E-state index in [1.807, 2.05) is 0 Å². The van der Waals surface area contributed by atoms with Crippen LogP contribution in [0.3, 0.4) is 0 Å². The van der Waals surface area contributed by atoms with Gasteiger partial charge in [-0.05, 0) is 19.4 Å². The van der Waals surface area contributed by atoms with Gasteiger partial charge in [-0.2, -0.15) is 5.10 Å². The van der Waals surface area contributed by atoms with Crippen LogP contribution in [0, 0.1) is 0 Å². The summed E-state index contributed by atoms with van der Waals surface area (Å²) in [5.74, 6) is 2.91. The quantitative estimate of drug-likeness (QED) is 0.738. The lowest BCUT2D eigenvalue weighted by molar-refractivity contribution is 0.193. The van der Waals surface area contributed by atoms with Crippen molar-refractivity contribution in [2.24, 2.45) is 0 Å². The minimum Gasteiger partial charge on any atom is -0.381 e. The van der Waals surface area contributed by atoms with Crippen molar-refractivity contribution < 1.29 is 4.74 Å². The number of nitrogens with one attached hydrogen (secondary N) is 2. The van der Waals surface area contributed by atoms with Gasteiger partial charge in [0.2, 0.25) is 0 Å². The summed E-state index contributed by atoms with van der Waals surface area (Å²) in [5.41, 5.74) is 0. The van der Waals surface area contributed by atoms with Crippen molar-refractivity contribution in [3.05, 3.63) is 11.6 Å². The monoisotopic (exact) mass is 208 g/mol. The van der Waals surface area contributed by atoms with Crippen LogP contribution in [-0.4, -0.2) is 41.5 Å². The topological polar surface area (TPSA) is 62.8 Å². The Labute approximate surface area is 88.6 Å². The molecule has 0 aliphatic carbocycles. The van der Waals surface area contributed by atoms with E-state index in [1.54, 1.807) is 0 Å². The molecule has 3 heterocycles. The molecule has 5 heteroatoms. The van der Waals surface area contributed by atoms with Crippen LogP contribution in [0.2, 0.25) is 0 Å². The van der Waals surface area contributed by atoms with Crippen LogP contribution in [0.15, 0.2) is 0 Å². The molecule has 2 fully saturated rings. The van der Waals surface area contributed by atoms with Gasteiger partial charge >= 0.3 is 0 Å². The summed E-state index contributed by atoms with van der Waals surface area (Å²) in [7, 11) is 0. The largest absolute Gasteiger partial charge is 0.381 e. The first-order valence-corrected chi connectivity index (χ1v) is 5.64. The number of nitrogens with zero attached hydrogens (tertiary/aromatic N) is 2. The maximum absolute atomic E-state index is 5.34.